The first-order chi connectivity index (χ1) is 9.54. The van der Waals surface area contributed by atoms with Gasteiger partial charge in [-0.1, -0.05) is 12.1 Å². The molecule has 1 amide bonds. The van der Waals surface area contributed by atoms with Crippen LogP contribution in [-0.4, -0.2) is 25.2 Å². The van der Waals surface area contributed by atoms with E-state index in [1.807, 2.05) is 12.1 Å². The van der Waals surface area contributed by atoms with Crippen molar-refractivity contribution >= 4 is 27.5 Å². The van der Waals surface area contributed by atoms with Crippen LogP contribution in [0.5, 0.6) is 11.5 Å². The third-order valence-electron chi connectivity index (χ3n) is 2.94. The third kappa shape index (κ3) is 2.77. The normalized spacial score (nSPS) is 10.2. The molecule has 0 unspecified atom stereocenters. The molecule has 0 bridgehead atoms. The highest BCUT2D eigenvalue weighted by molar-refractivity contribution is 9.10. The molecule has 0 radical (unpaired) electrons. The van der Waals surface area contributed by atoms with E-state index in [-0.39, 0.29) is 11.7 Å². The monoisotopic (exact) mass is 335 g/mol. The molecule has 2 aromatic carbocycles. The lowest BCUT2D eigenvalue weighted by molar-refractivity contribution is 0.0992. The second-order valence-electron chi connectivity index (χ2n) is 4.20. The van der Waals surface area contributed by atoms with Crippen molar-refractivity contribution in [1.29, 1.82) is 0 Å². The predicted octanol–water partition coefficient (Wildman–Crippen LogP) is 3.44. The molecule has 0 aromatic heterocycles. The Morgan fingerprint density at radius 1 is 1.25 bits per heavy atom. The number of para-hydroxylation sites is 2. The summed E-state index contributed by atoms with van der Waals surface area (Å²) < 4.78 is 5.79. The Labute approximate surface area is 125 Å². The van der Waals surface area contributed by atoms with E-state index in [0.717, 1.165) is 0 Å². The fourth-order valence-corrected chi connectivity index (χ4v) is 2.10. The number of benzene rings is 2. The van der Waals surface area contributed by atoms with Crippen molar-refractivity contribution in [2.45, 2.75) is 0 Å². The number of methoxy groups -OCH3 is 1. The van der Waals surface area contributed by atoms with Crippen molar-refractivity contribution in [3.05, 3.63) is 52.5 Å². The van der Waals surface area contributed by atoms with Gasteiger partial charge in [-0.15, -0.1) is 0 Å². The third-order valence-corrected chi connectivity index (χ3v) is 3.61. The molecule has 2 rings (SSSR count). The molecule has 0 heterocycles. The number of halogens is 1. The van der Waals surface area contributed by atoms with Crippen LogP contribution in [0.25, 0.3) is 0 Å². The van der Waals surface area contributed by atoms with Gasteiger partial charge in [0.25, 0.3) is 5.91 Å². The van der Waals surface area contributed by atoms with Gasteiger partial charge in [-0.25, -0.2) is 0 Å². The van der Waals surface area contributed by atoms with E-state index in [1.165, 1.54) is 11.0 Å². The molecule has 1 N–H and O–H groups in total. The minimum absolute atomic E-state index is 0.0317. The minimum atomic E-state index is -0.225. The van der Waals surface area contributed by atoms with E-state index in [1.54, 1.807) is 38.4 Å². The van der Waals surface area contributed by atoms with Gasteiger partial charge in [-0.2, -0.15) is 0 Å². The molecular formula is C15H14BrNO3. The fourth-order valence-electron chi connectivity index (χ4n) is 1.86. The minimum Gasteiger partial charge on any atom is -0.507 e. The number of aromatic hydroxyl groups is 1. The number of ether oxygens (including phenoxy) is 1. The Bertz CT molecular complexity index is 643. The molecule has 0 aliphatic rings. The van der Waals surface area contributed by atoms with E-state index >= 15 is 0 Å². The Morgan fingerprint density at radius 2 is 1.95 bits per heavy atom. The van der Waals surface area contributed by atoms with Crippen LogP contribution in [0.15, 0.2) is 46.9 Å². The lowest BCUT2D eigenvalue weighted by Crippen LogP contribution is -2.26. The Balaban J connectivity index is 2.34. The fraction of sp³-hybridized carbons (Fsp3) is 0.133. The molecule has 5 heteroatoms. The summed E-state index contributed by atoms with van der Waals surface area (Å²) in [6.07, 6.45) is 0. The average Bonchev–Trinajstić information content (AvgIpc) is 2.48. The van der Waals surface area contributed by atoms with Gasteiger partial charge in [0.2, 0.25) is 0 Å². The Kier molecular flexibility index (Phi) is 4.29. The van der Waals surface area contributed by atoms with E-state index in [0.29, 0.717) is 21.5 Å². The van der Waals surface area contributed by atoms with Gasteiger partial charge in [0.05, 0.1) is 17.3 Å². The second-order valence-corrected chi connectivity index (χ2v) is 5.06. The van der Waals surface area contributed by atoms with Gasteiger partial charge in [0.15, 0.2) is 0 Å². The molecule has 0 saturated carbocycles. The second kappa shape index (κ2) is 5.96. The van der Waals surface area contributed by atoms with E-state index < -0.39 is 0 Å². The summed E-state index contributed by atoms with van der Waals surface area (Å²) >= 11 is 3.19. The zero-order chi connectivity index (χ0) is 14.7. The van der Waals surface area contributed by atoms with Crippen molar-refractivity contribution in [3.63, 3.8) is 0 Å². The van der Waals surface area contributed by atoms with Crippen molar-refractivity contribution in [2.75, 3.05) is 19.1 Å². The number of hydrogen-bond donors (Lipinski definition) is 1. The molecule has 0 aliphatic carbocycles. The molecular weight excluding hydrogens is 322 g/mol. The summed E-state index contributed by atoms with van der Waals surface area (Å²) in [5.74, 6) is 0.422. The SMILES string of the molecule is COc1ccccc1N(C)C(=O)c1ccc(Br)c(O)c1. The summed E-state index contributed by atoms with van der Waals surface area (Å²) in [6, 6.07) is 12.0. The lowest BCUT2D eigenvalue weighted by atomic mass is 10.1. The van der Waals surface area contributed by atoms with E-state index in [9.17, 15) is 9.90 Å². The molecule has 0 aliphatic heterocycles. The first kappa shape index (κ1) is 14.4. The van der Waals surface area contributed by atoms with Crippen LogP contribution < -0.4 is 9.64 Å². The number of nitrogens with zero attached hydrogens (tertiary/aromatic N) is 1. The number of rotatable bonds is 3. The number of carbonyl (C=O) groups excluding carboxylic acids is 1. The largest absolute Gasteiger partial charge is 0.507 e. The first-order valence-electron chi connectivity index (χ1n) is 5.94. The highest BCUT2D eigenvalue weighted by atomic mass is 79.9. The number of anilines is 1. The van der Waals surface area contributed by atoms with Gasteiger partial charge in [0, 0.05) is 12.6 Å². The van der Waals surface area contributed by atoms with E-state index in [4.69, 9.17) is 4.74 Å². The van der Waals surface area contributed by atoms with Crippen LogP contribution in [0, 0.1) is 0 Å². The van der Waals surface area contributed by atoms with Crippen LogP contribution >= 0.6 is 15.9 Å². The van der Waals surface area contributed by atoms with Crippen molar-refractivity contribution in [3.8, 4) is 11.5 Å². The molecule has 2 aromatic rings. The van der Waals surface area contributed by atoms with Crippen LogP contribution in [0.2, 0.25) is 0 Å². The standard InChI is InChI=1S/C15H14BrNO3/c1-17(12-5-3-4-6-14(12)20-2)15(19)10-7-8-11(16)13(18)9-10/h3-9,18H,1-2H3. The summed E-state index contributed by atoms with van der Waals surface area (Å²) in [5.41, 5.74) is 1.07. The zero-order valence-electron chi connectivity index (χ0n) is 11.1. The van der Waals surface area contributed by atoms with Gasteiger partial charge in [-0.3, -0.25) is 4.79 Å². The first-order valence-corrected chi connectivity index (χ1v) is 6.73. The number of amides is 1. The molecule has 0 spiro atoms. The van der Waals surface area contributed by atoms with Crippen LogP contribution in [0.3, 0.4) is 0 Å². The van der Waals surface area contributed by atoms with Crippen molar-refractivity contribution < 1.29 is 14.6 Å². The summed E-state index contributed by atoms with van der Waals surface area (Å²) in [6.45, 7) is 0. The summed E-state index contributed by atoms with van der Waals surface area (Å²) in [7, 11) is 3.22. The predicted molar refractivity (Wildman–Crippen MR) is 81.5 cm³/mol. The highest BCUT2D eigenvalue weighted by Crippen LogP contribution is 2.29. The van der Waals surface area contributed by atoms with Gasteiger partial charge in [-0.05, 0) is 46.3 Å². The molecule has 104 valence electrons. The Morgan fingerprint density at radius 3 is 2.60 bits per heavy atom. The molecule has 4 nitrogen and oxygen atoms in total. The quantitative estimate of drug-likeness (QED) is 0.934. The van der Waals surface area contributed by atoms with Crippen molar-refractivity contribution in [2.24, 2.45) is 0 Å². The van der Waals surface area contributed by atoms with Gasteiger partial charge < -0.3 is 14.7 Å². The average molecular weight is 336 g/mol. The number of hydrogen-bond acceptors (Lipinski definition) is 3. The molecule has 0 saturated heterocycles. The maximum absolute atomic E-state index is 12.4. The Hall–Kier alpha value is -2.01. The van der Waals surface area contributed by atoms with Crippen LogP contribution in [-0.2, 0) is 0 Å². The number of phenolic OH excluding ortho intramolecular Hbond substituents is 1. The van der Waals surface area contributed by atoms with Gasteiger partial charge >= 0.3 is 0 Å². The smallest absolute Gasteiger partial charge is 0.258 e. The highest BCUT2D eigenvalue weighted by Gasteiger charge is 2.17. The van der Waals surface area contributed by atoms with Crippen LogP contribution in [0.1, 0.15) is 10.4 Å². The van der Waals surface area contributed by atoms with E-state index in [2.05, 4.69) is 15.9 Å². The topological polar surface area (TPSA) is 49.8 Å². The maximum Gasteiger partial charge on any atom is 0.258 e. The van der Waals surface area contributed by atoms with Gasteiger partial charge in [0.1, 0.15) is 11.5 Å². The lowest BCUT2D eigenvalue weighted by Gasteiger charge is -2.20. The molecule has 0 atom stereocenters. The summed E-state index contributed by atoms with van der Waals surface area (Å²) in [4.78, 5) is 13.9. The van der Waals surface area contributed by atoms with Crippen molar-refractivity contribution in [1.82, 2.24) is 0 Å². The molecule has 20 heavy (non-hydrogen) atoms. The van der Waals surface area contributed by atoms with Crippen LogP contribution in [0.4, 0.5) is 5.69 Å². The number of carbonyl (C=O) groups is 1. The number of phenols is 1. The summed E-state index contributed by atoms with van der Waals surface area (Å²) in [5, 5.41) is 9.66. The maximum atomic E-state index is 12.4. The zero-order valence-corrected chi connectivity index (χ0v) is 12.7. The molecule has 0 fully saturated rings.